The Labute approximate surface area is 160 Å². The molecule has 2 aromatic rings. The summed E-state index contributed by atoms with van der Waals surface area (Å²) in [5, 5.41) is 2.19. The summed E-state index contributed by atoms with van der Waals surface area (Å²) < 4.78 is 0. The second kappa shape index (κ2) is 8.33. The molecule has 1 aromatic heterocycles. The smallest absolute Gasteiger partial charge is 0.271 e. The minimum absolute atomic E-state index is 0.00544. The lowest BCUT2D eigenvalue weighted by molar-refractivity contribution is -0.127. The van der Waals surface area contributed by atoms with E-state index in [2.05, 4.69) is 10.9 Å². The minimum atomic E-state index is -0.464. The Hall–Kier alpha value is -2.38. The van der Waals surface area contributed by atoms with Crippen molar-refractivity contribution < 1.29 is 14.4 Å². The SMILES string of the molecule is O=C(NNC(=O)C1CCN(C(=O)c2cccs2)CC1)c1ccccc1Cl. The van der Waals surface area contributed by atoms with Crippen LogP contribution in [0.15, 0.2) is 41.8 Å². The summed E-state index contributed by atoms with van der Waals surface area (Å²) in [5.41, 5.74) is 5.14. The Bertz CT molecular complexity index is 802. The van der Waals surface area contributed by atoms with E-state index in [4.69, 9.17) is 11.6 Å². The van der Waals surface area contributed by atoms with Gasteiger partial charge >= 0.3 is 0 Å². The van der Waals surface area contributed by atoms with Crippen LogP contribution in [-0.4, -0.2) is 35.7 Å². The molecule has 26 heavy (non-hydrogen) atoms. The van der Waals surface area contributed by atoms with E-state index in [1.54, 1.807) is 35.2 Å². The van der Waals surface area contributed by atoms with Gasteiger partial charge in [0.1, 0.15) is 0 Å². The number of hydrazine groups is 1. The number of halogens is 1. The molecule has 3 rings (SSSR count). The van der Waals surface area contributed by atoms with Crippen molar-refractivity contribution in [3.63, 3.8) is 0 Å². The number of nitrogens with zero attached hydrogens (tertiary/aromatic N) is 1. The van der Waals surface area contributed by atoms with Crippen molar-refractivity contribution in [3.05, 3.63) is 57.2 Å². The van der Waals surface area contributed by atoms with Gasteiger partial charge < -0.3 is 4.90 Å². The molecule has 3 amide bonds. The Morgan fingerprint density at radius 3 is 2.42 bits per heavy atom. The van der Waals surface area contributed by atoms with Crippen LogP contribution in [-0.2, 0) is 4.79 Å². The molecule has 0 radical (unpaired) electrons. The lowest BCUT2D eigenvalue weighted by Gasteiger charge is -2.31. The maximum atomic E-state index is 12.3. The van der Waals surface area contributed by atoms with Gasteiger partial charge in [-0.25, -0.2) is 0 Å². The van der Waals surface area contributed by atoms with E-state index in [1.165, 1.54) is 11.3 Å². The zero-order valence-corrected chi connectivity index (χ0v) is 15.5. The summed E-state index contributed by atoms with van der Waals surface area (Å²) in [4.78, 5) is 39.1. The van der Waals surface area contributed by atoms with Crippen molar-refractivity contribution in [3.8, 4) is 0 Å². The number of amides is 3. The van der Waals surface area contributed by atoms with E-state index in [1.807, 2.05) is 11.4 Å². The number of hydrogen-bond donors (Lipinski definition) is 2. The van der Waals surface area contributed by atoms with Crippen molar-refractivity contribution in [1.82, 2.24) is 15.8 Å². The van der Waals surface area contributed by atoms with E-state index < -0.39 is 5.91 Å². The number of benzene rings is 1. The Morgan fingerprint density at radius 1 is 1.04 bits per heavy atom. The molecule has 1 aliphatic heterocycles. The fraction of sp³-hybridized carbons (Fsp3) is 0.278. The summed E-state index contributed by atoms with van der Waals surface area (Å²) in [5.74, 6) is -0.956. The Morgan fingerprint density at radius 2 is 1.77 bits per heavy atom. The van der Waals surface area contributed by atoms with Crippen molar-refractivity contribution in [2.75, 3.05) is 13.1 Å². The molecule has 2 N–H and O–H groups in total. The predicted molar refractivity (Wildman–Crippen MR) is 100 cm³/mol. The first-order valence-corrected chi connectivity index (χ1v) is 9.49. The fourth-order valence-corrected chi connectivity index (χ4v) is 3.75. The molecular weight excluding hydrogens is 374 g/mol. The fourth-order valence-electron chi connectivity index (χ4n) is 2.83. The maximum absolute atomic E-state index is 12.3. The van der Waals surface area contributed by atoms with Crippen LogP contribution in [0.5, 0.6) is 0 Å². The molecule has 0 atom stereocenters. The Balaban J connectivity index is 1.47. The molecule has 0 aliphatic carbocycles. The largest absolute Gasteiger partial charge is 0.338 e. The molecule has 0 saturated carbocycles. The number of carbonyl (C=O) groups excluding carboxylic acids is 3. The van der Waals surface area contributed by atoms with Gasteiger partial charge in [-0.3, -0.25) is 25.2 Å². The highest BCUT2D eigenvalue weighted by atomic mass is 35.5. The highest BCUT2D eigenvalue weighted by Gasteiger charge is 2.28. The summed E-state index contributed by atoms with van der Waals surface area (Å²) in [6.45, 7) is 1.04. The zero-order chi connectivity index (χ0) is 18.5. The van der Waals surface area contributed by atoms with Crippen LogP contribution >= 0.6 is 22.9 Å². The quantitative estimate of drug-likeness (QED) is 0.789. The summed E-state index contributed by atoms with van der Waals surface area (Å²) in [6, 6.07) is 10.3. The summed E-state index contributed by atoms with van der Waals surface area (Å²) >= 11 is 7.37. The third-order valence-electron chi connectivity index (χ3n) is 4.30. The molecule has 0 bridgehead atoms. The monoisotopic (exact) mass is 391 g/mol. The van der Waals surface area contributed by atoms with Gasteiger partial charge in [-0.1, -0.05) is 29.8 Å². The van der Waals surface area contributed by atoms with Crippen molar-refractivity contribution in [2.24, 2.45) is 5.92 Å². The third kappa shape index (κ3) is 4.23. The maximum Gasteiger partial charge on any atom is 0.271 e. The van der Waals surface area contributed by atoms with Crippen LogP contribution < -0.4 is 10.9 Å². The predicted octanol–water partition coefficient (Wildman–Crippen LogP) is 2.71. The van der Waals surface area contributed by atoms with Crippen LogP contribution in [0.3, 0.4) is 0 Å². The first-order chi connectivity index (χ1) is 12.6. The van der Waals surface area contributed by atoms with Crippen LogP contribution in [0, 0.1) is 5.92 Å². The van der Waals surface area contributed by atoms with Gasteiger partial charge in [-0.2, -0.15) is 0 Å². The van der Waals surface area contributed by atoms with Crippen molar-refractivity contribution in [1.29, 1.82) is 0 Å². The minimum Gasteiger partial charge on any atom is -0.338 e. The normalized spacial score (nSPS) is 14.7. The summed E-state index contributed by atoms with van der Waals surface area (Å²) in [6.07, 6.45) is 1.12. The molecule has 8 heteroatoms. The highest BCUT2D eigenvalue weighted by Crippen LogP contribution is 2.21. The van der Waals surface area contributed by atoms with Gasteiger partial charge in [0.15, 0.2) is 0 Å². The van der Waals surface area contributed by atoms with Crippen LogP contribution in [0.2, 0.25) is 5.02 Å². The molecule has 1 aromatic carbocycles. The number of carbonyl (C=O) groups is 3. The first-order valence-electron chi connectivity index (χ1n) is 8.24. The van der Waals surface area contributed by atoms with E-state index in [-0.39, 0.29) is 17.7 Å². The van der Waals surface area contributed by atoms with E-state index in [0.29, 0.717) is 41.4 Å². The average Bonchev–Trinajstić information content (AvgIpc) is 3.20. The van der Waals surface area contributed by atoms with Crippen LogP contribution in [0.1, 0.15) is 32.9 Å². The second-order valence-electron chi connectivity index (χ2n) is 5.97. The molecule has 0 unspecified atom stereocenters. The van der Waals surface area contributed by atoms with Gasteiger partial charge in [-0.05, 0) is 36.4 Å². The number of rotatable bonds is 3. The van der Waals surface area contributed by atoms with Gasteiger partial charge in [0.25, 0.3) is 11.8 Å². The molecule has 6 nitrogen and oxygen atoms in total. The number of nitrogens with one attached hydrogen (secondary N) is 2. The van der Waals surface area contributed by atoms with E-state index in [0.717, 1.165) is 0 Å². The average molecular weight is 392 g/mol. The van der Waals surface area contributed by atoms with Gasteiger partial charge in [0.2, 0.25) is 5.91 Å². The second-order valence-corrected chi connectivity index (χ2v) is 7.32. The highest BCUT2D eigenvalue weighted by molar-refractivity contribution is 7.12. The molecule has 1 fully saturated rings. The molecular formula is C18H18ClN3O3S. The van der Waals surface area contributed by atoms with Gasteiger partial charge in [0.05, 0.1) is 15.5 Å². The molecule has 2 heterocycles. The number of hydrogen-bond acceptors (Lipinski definition) is 4. The third-order valence-corrected chi connectivity index (χ3v) is 5.49. The van der Waals surface area contributed by atoms with Gasteiger partial charge in [-0.15, -0.1) is 11.3 Å². The zero-order valence-electron chi connectivity index (χ0n) is 13.9. The first kappa shape index (κ1) is 18.4. The van der Waals surface area contributed by atoms with Crippen LogP contribution in [0.4, 0.5) is 0 Å². The van der Waals surface area contributed by atoms with Gasteiger partial charge in [0, 0.05) is 19.0 Å². The number of likely N-dealkylation sites (tertiary alicyclic amines) is 1. The van der Waals surface area contributed by atoms with Crippen LogP contribution in [0.25, 0.3) is 0 Å². The van der Waals surface area contributed by atoms with E-state index in [9.17, 15) is 14.4 Å². The molecule has 1 aliphatic rings. The topological polar surface area (TPSA) is 78.5 Å². The standard InChI is InChI=1S/C18H18ClN3O3S/c19-14-5-2-1-4-13(14)17(24)21-20-16(23)12-7-9-22(10-8-12)18(25)15-6-3-11-26-15/h1-6,11-12H,7-10H2,(H,20,23)(H,21,24). The molecule has 0 spiro atoms. The van der Waals surface area contributed by atoms with Crippen molar-refractivity contribution in [2.45, 2.75) is 12.8 Å². The summed E-state index contributed by atoms with van der Waals surface area (Å²) in [7, 11) is 0. The van der Waals surface area contributed by atoms with Crippen molar-refractivity contribution >= 4 is 40.7 Å². The number of piperidine rings is 1. The lowest BCUT2D eigenvalue weighted by Crippen LogP contribution is -2.48. The van der Waals surface area contributed by atoms with E-state index >= 15 is 0 Å². The molecule has 136 valence electrons. The Kier molecular flexibility index (Phi) is 5.90. The lowest BCUT2D eigenvalue weighted by atomic mass is 9.96. The number of thiophene rings is 1. The molecule has 1 saturated heterocycles.